The Morgan fingerprint density at radius 1 is 0.577 bits per heavy atom. The van der Waals surface area contributed by atoms with Crippen molar-refractivity contribution in [3.63, 3.8) is 0 Å². The van der Waals surface area contributed by atoms with Crippen LogP contribution in [0.2, 0.25) is 0 Å². The second-order valence-corrected chi connectivity index (χ2v) is 11.1. The second-order valence-electron chi connectivity index (χ2n) is 11.1. The molecule has 0 aliphatic carbocycles. The van der Waals surface area contributed by atoms with Crippen molar-refractivity contribution in [3.8, 4) is 46.0 Å². The van der Waals surface area contributed by atoms with Gasteiger partial charge in [-0.05, 0) is 76.9 Å². The van der Waals surface area contributed by atoms with Crippen LogP contribution in [0.4, 0.5) is 0 Å². The van der Waals surface area contributed by atoms with E-state index >= 15 is 0 Å². The number of aliphatic carboxylic acids is 2. The number of hydrogen-bond donors (Lipinski definition) is 10. The number of carboxylic acid groups (broad SMARTS) is 2. The predicted molar refractivity (Wildman–Crippen MR) is 178 cm³/mol. The highest BCUT2D eigenvalue weighted by molar-refractivity contribution is 6.24. The highest BCUT2D eigenvalue weighted by atomic mass is 16.6. The molecule has 16 nitrogen and oxygen atoms in total. The molecule has 0 unspecified atom stereocenters. The Balaban J connectivity index is 1.73. The first-order valence-corrected chi connectivity index (χ1v) is 14.9. The molecule has 0 saturated heterocycles. The lowest BCUT2D eigenvalue weighted by atomic mass is 9.95. The maximum Gasteiger partial charge on any atom is 0.345 e. The van der Waals surface area contributed by atoms with Crippen LogP contribution in [0, 0.1) is 0 Å². The summed E-state index contributed by atoms with van der Waals surface area (Å²) in [4.78, 5) is 50.5. The number of phenolic OH excluding ortho intramolecular Hbond substituents is 8. The van der Waals surface area contributed by atoms with E-state index in [2.05, 4.69) is 0 Å². The molecule has 0 bridgehead atoms. The van der Waals surface area contributed by atoms with Gasteiger partial charge in [0, 0.05) is 24.5 Å². The first-order chi connectivity index (χ1) is 24.5. The van der Waals surface area contributed by atoms with Crippen molar-refractivity contribution in [3.05, 3.63) is 101 Å². The summed E-state index contributed by atoms with van der Waals surface area (Å²) >= 11 is 0. The fraction of sp³-hybridized carbons (Fsp3) is 0.111. The molecule has 52 heavy (non-hydrogen) atoms. The summed E-state index contributed by atoms with van der Waals surface area (Å²) in [5, 5.41) is 99.3. The second kappa shape index (κ2) is 15.9. The summed E-state index contributed by atoms with van der Waals surface area (Å²) in [5.41, 5.74) is -1.03. The zero-order chi connectivity index (χ0) is 38.3. The molecule has 4 aromatic rings. The number of benzene rings is 4. The highest BCUT2D eigenvalue weighted by Gasteiger charge is 2.29. The molecular formula is C36H30O16. The molecule has 0 spiro atoms. The van der Waals surface area contributed by atoms with E-state index in [1.54, 1.807) is 0 Å². The van der Waals surface area contributed by atoms with Gasteiger partial charge in [-0.15, -0.1) is 0 Å². The Morgan fingerprint density at radius 3 is 1.56 bits per heavy atom. The van der Waals surface area contributed by atoms with Gasteiger partial charge in [-0.25, -0.2) is 19.2 Å². The zero-order valence-electron chi connectivity index (χ0n) is 26.6. The van der Waals surface area contributed by atoms with Crippen LogP contribution >= 0.6 is 0 Å². The Hall–Kier alpha value is -7.36. The number of hydrogen-bond acceptors (Lipinski definition) is 14. The number of phenols is 8. The summed E-state index contributed by atoms with van der Waals surface area (Å²) in [5.74, 6) is -10.8. The van der Waals surface area contributed by atoms with Gasteiger partial charge >= 0.3 is 23.9 Å². The van der Waals surface area contributed by atoms with Crippen molar-refractivity contribution in [1.82, 2.24) is 0 Å². The van der Waals surface area contributed by atoms with E-state index < -0.39 is 106 Å². The third-order valence-electron chi connectivity index (χ3n) is 7.37. The first kappa shape index (κ1) is 37.5. The van der Waals surface area contributed by atoms with Gasteiger partial charge < -0.3 is 60.5 Å². The number of carbonyl (C=O) groups excluding carboxylic acids is 2. The van der Waals surface area contributed by atoms with Crippen molar-refractivity contribution in [2.24, 2.45) is 0 Å². The van der Waals surface area contributed by atoms with Crippen LogP contribution in [0.1, 0.15) is 27.8 Å². The monoisotopic (exact) mass is 718 g/mol. The Labute approximate surface area is 292 Å². The normalized spacial score (nSPS) is 12.6. The summed E-state index contributed by atoms with van der Waals surface area (Å²) in [6.45, 7) is 0. The van der Waals surface area contributed by atoms with E-state index in [-0.39, 0.29) is 22.3 Å². The van der Waals surface area contributed by atoms with Crippen molar-refractivity contribution in [2.45, 2.75) is 25.0 Å². The summed E-state index contributed by atoms with van der Waals surface area (Å²) < 4.78 is 10.3. The third kappa shape index (κ3) is 9.20. The largest absolute Gasteiger partial charge is 0.504 e. The minimum atomic E-state index is -1.93. The molecule has 0 fully saturated rings. The Kier molecular flexibility index (Phi) is 11.5. The maximum atomic E-state index is 13.8. The van der Waals surface area contributed by atoms with Crippen molar-refractivity contribution < 1.29 is 79.7 Å². The SMILES string of the molecule is O=C(C=Cc1ccc(O)c(O)c1C(=Cc1ccc(O)c(O)c1)C(=O)O[C@H](Cc1ccc(O)c(O)c1)C(=O)O)O[C@H](Cc1ccc(O)c(O)c1)C(=O)O. The van der Waals surface area contributed by atoms with Gasteiger partial charge in [0.2, 0.25) is 12.2 Å². The molecule has 16 heteroatoms. The molecular weight excluding hydrogens is 688 g/mol. The number of ether oxygens (including phenoxy) is 2. The minimum absolute atomic E-state index is 0.000712. The van der Waals surface area contributed by atoms with Crippen LogP contribution in [0.3, 0.4) is 0 Å². The zero-order valence-corrected chi connectivity index (χ0v) is 26.6. The average Bonchev–Trinajstić information content (AvgIpc) is 3.08. The number of carbonyl (C=O) groups is 4. The van der Waals surface area contributed by atoms with E-state index in [0.717, 1.165) is 66.8 Å². The molecule has 0 amide bonds. The summed E-state index contributed by atoms with van der Waals surface area (Å²) in [6, 6.07) is 12.3. The van der Waals surface area contributed by atoms with E-state index in [1.807, 2.05) is 0 Å². The number of rotatable bonds is 13. The lowest BCUT2D eigenvalue weighted by Crippen LogP contribution is -2.29. The van der Waals surface area contributed by atoms with Crippen molar-refractivity contribution in [2.75, 3.05) is 0 Å². The lowest BCUT2D eigenvalue weighted by Gasteiger charge is -2.18. The topological polar surface area (TPSA) is 289 Å². The number of aromatic hydroxyl groups is 8. The van der Waals surface area contributed by atoms with Gasteiger partial charge in [0.15, 0.2) is 46.0 Å². The molecule has 10 N–H and O–H groups in total. The summed E-state index contributed by atoms with van der Waals surface area (Å²) in [7, 11) is 0. The standard InChI is InChI=1S/C36H30O16/c37-22-6-1-17(12-26(22)41)11-21(36(50)52-30(35(48)49)16-19-3-8-24(39)28(43)14-19)32-20(4-9-25(40)33(32)45)5-10-31(44)51-29(34(46)47)15-18-2-7-23(38)27(42)13-18/h1-14,29-30,37-43,45H,15-16H2,(H,46,47)(H,48,49)/t29-,30-/m1/s1. The first-order valence-electron chi connectivity index (χ1n) is 14.9. The maximum absolute atomic E-state index is 13.8. The van der Waals surface area contributed by atoms with Gasteiger partial charge in [0.25, 0.3) is 0 Å². The summed E-state index contributed by atoms with van der Waals surface area (Å²) in [6.07, 6.45) is -1.92. The number of carboxylic acids is 2. The van der Waals surface area contributed by atoms with Crippen molar-refractivity contribution >= 4 is 41.6 Å². The molecule has 0 aliphatic rings. The van der Waals surface area contributed by atoms with Crippen LogP contribution in [0.25, 0.3) is 17.7 Å². The van der Waals surface area contributed by atoms with Gasteiger partial charge in [0.1, 0.15) is 0 Å². The minimum Gasteiger partial charge on any atom is -0.504 e. The van der Waals surface area contributed by atoms with E-state index in [9.17, 15) is 70.2 Å². The smallest absolute Gasteiger partial charge is 0.345 e. The molecule has 0 aromatic heterocycles. The van der Waals surface area contributed by atoms with Crippen molar-refractivity contribution in [1.29, 1.82) is 0 Å². The van der Waals surface area contributed by atoms with E-state index in [1.165, 1.54) is 18.2 Å². The lowest BCUT2D eigenvalue weighted by molar-refractivity contribution is -0.160. The van der Waals surface area contributed by atoms with Crippen LogP contribution < -0.4 is 0 Å². The molecule has 0 radical (unpaired) electrons. The van der Waals surface area contributed by atoms with Gasteiger partial charge in [-0.1, -0.05) is 24.3 Å². The molecule has 270 valence electrons. The fourth-order valence-electron chi connectivity index (χ4n) is 4.76. The van der Waals surface area contributed by atoms with E-state index in [4.69, 9.17) is 9.47 Å². The van der Waals surface area contributed by atoms with Gasteiger partial charge in [-0.2, -0.15) is 0 Å². The fourth-order valence-corrected chi connectivity index (χ4v) is 4.76. The molecule has 0 aliphatic heterocycles. The third-order valence-corrected chi connectivity index (χ3v) is 7.37. The predicted octanol–water partition coefficient (Wildman–Crippen LogP) is 3.36. The molecule has 0 saturated carbocycles. The number of esters is 2. The van der Waals surface area contributed by atoms with Crippen LogP contribution in [-0.2, 0) is 41.5 Å². The van der Waals surface area contributed by atoms with Crippen LogP contribution in [-0.4, -0.2) is 87.2 Å². The van der Waals surface area contributed by atoms with E-state index in [0.29, 0.717) is 0 Å². The Bertz CT molecular complexity index is 2100. The van der Waals surface area contributed by atoms with Crippen LogP contribution in [0.15, 0.2) is 72.8 Å². The highest BCUT2D eigenvalue weighted by Crippen LogP contribution is 2.39. The molecule has 2 atom stereocenters. The van der Waals surface area contributed by atoms with Crippen LogP contribution in [0.5, 0.6) is 46.0 Å². The molecule has 0 heterocycles. The Morgan fingerprint density at radius 2 is 1.06 bits per heavy atom. The molecule has 4 aromatic carbocycles. The quantitative estimate of drug-likeness (QED) is 0.0410. The van der Waals surface area contributed by atoms with Gasteiger partial charge in [-0.3, -0.25) is 0 Å². The average molecular weight is 719 g/mol. The van der Waals surface area contributed by atoms with Gasteiger partial charge in [0.05, 0.1) is 5.57 Å². The molecule has 4 rings (SSSR count).